The molecule has 0 aromatic carbocycles. The molecule has 0 unspecified atom stereocenters. The Hall–Kier alpha value is 0.490. The average Bonchev–Trinajstić information content (AvgIpc) is 1.59. The van der Waals surface area contributed by atoms with E-state index in [0.717, 1.165) is 0 Å². The molecule has 0 spiro atoms. The molecule has 0 atom stereocenters. The second kappa shape index (κ2) is 4.38. The molecular formula is C2H8O6P2. The van der Waals surface area contributed by atoms with Crippen molar-refractivity contribution in [1.29, 1.82) is 0 Å². The molecule has 0 bridgehead atoms. The summed E-state index contributed by atoms with van der Waals surface area (Å²) in [5.41, 5.74) is 0. The molecule has 5 N–H and O–H groups in total. The molecule has 0 aromatic rings. The number of aliphatic hydroxyl groups excluding tert-OH is 1. The highest BCUT2D eigenvalue weighted by Gasteiger charge is 2.14. The predicted octanol–water partition coefficient (Wildman–Crippen LogP) is -1.24. The van der Waals surface area contributed by atoms with E-state index in [2.05, 4.69) is 4.31 Å². The van der Waals surface area contributed by atoms with Crippen LogP contribution in [0.15, 0.2) is 0 Å². The van der Waals surface area contributed by atoms with E-state index in [1.54, 1.807) is 0 Å². The Kier molecular flexibility index (Phi) is 4.60. The lowest BCUT2D eigenvalue weighted by Gasteiger charge is -2.11. The zero-order valence-electron chi connectivity index (χ0n) is 4.82. The molecule has 0 aliphatic carbocycles. The molecular weight excluding hydrogens is 182 g/mol. The molecule has 0 aliphatic heterocycles. The second-order valence-corrected chi connectivity index (χ2v) is 3.99. The van der Waals surface area contributed by atoms with Gasteiger partial charge in [-0.25, -0.2) is 4.31 Å². The van der Waals surface area contributed by atoms with Crippen molar-refractivity contribution >= 4 is 22.0 Å². The van der Waals surface area contributed by atoms with Gasteiger partial charge in [-0.15, -0.1) is 0 Å². The van der Waals surface area contributed by atoms with E-state index in [4.69, 9.17) is 24.7 Å². The number of rotatable bonds is 3. The maximum absolute atomic E-state index is 8.61. The van der Waals surface area contributed by atoms with Crippen molar-refractivity contribution in [3.63, 3.8) is 0 Å². The van der Waals surface area contributed by atoms with Gasteiger partial charge in [0.2, 0.25) is 0 Å². The smallest absolute Gasteiger partial charge is 0.334 e. The van der Waals surface area contributed by atoms with E-state index >= 15 is 0 Å². The topological polar surface area (TPSA) is 110 Å². The van der Waals surface area contributed by atoms with Gasteiger partial charge >= 0.3 is 8.60 Å². The van der Waals surface area contributed by atoms with Crippen LogP contribution in [0.3, 0.4) is 0 Å². The summed E-state index contributed by atoms with van der Waals surface area (Å²) in [5, 5.41) is 8.13. The van der Waals surface area contributed by atoms with Gasteiger partial charge in [-0.3, -0.25) is 0 Å². The highest BCUT2D eigenvalue weighted by atomic mass is 31.3. The van der Waals surface area contributed by atoms with Crippen LogP contribution >= 0.6 is 16.2 Å². The molecule has 0 radical (unpaired) electrons. The number of hydrogen-bond acceptors (Lipinski definition) is 6. The Morgan fingerprint density at radius 1 is 1.40 bits per heavy atom. The summed E-state index contributed by atoms with van der Waals surface area (Å²) >= 11 is 0. The van der Waals surface area contributed by atoms with E-state index in [1.165, 1.54) is 0 Å². The lowest BCUT2D eigenvalue weighted by atomic mass is 10.9. The van der Waals surface area contributed by atoms with Crippen molar-refractivity contribution in [3.8, 4) is 0 Å². The predicted molar refractivity (Wildman–Crippen MR) is 37.0 cm³/mol. The Labute approximate surface area is 58.6 Å². The van der Waals surface area contributed by atoms with Gasteiger partial charge in [0.25, 0.3) is 7.57 Å². The minimum Gasteiger partial charge on any atom is -0.392 e. The van der Waals surface area contributed by atoms with Crippen LogP contribution < -0.4 is 0 Å². The van der Waals surface area contributed by atoms with Crippen molar-refractivity contribution in [2.45, 2.75) is 0 Å². The van der Waals surface area contributed by atoms with E-state index < -0.39 is 22.8 Å². The van der Waals surface area contributed by atoms with E-state index in [1.807, 2.05) is 0 Å². The molecule has 0 saturated heterocycles. The standard InChI is InChI=1S/C2H8O6P2/c3-1-2-10(6,7)8-9(4)5/h2-7H,1H2. The van der Waals surface area contributed by atoms with Gasteiger partial charge in [0.15, 0.2) is 0 Å². The van der Waals surface area contributed by atoms with E-state index in [9.17, 15) is 0 Å². The number of hydrogen-bond donors (Lipinski definition) is 5. The molecule has 6 nitrogen and oxygen atoms in total. The van der Waals surface area contributed by atoms with Gasteiger partial charge in [-0.1, -0.05) is 0 Å². The van der Waals surface area contributed by atoms with Crippen molar-refractivity contribution in [3.05, 3.63) is 0 Å². The van der Waals surface area contributed by atoms with E-state index in [0.29, 0.717) is 5.80 Å². The summed E-state index contributed by atoms with van der Waals surface area (Å²) in [5.74, 6) is 0.661. The summed E-state index contributed by atoms with van der Waals surface area (Å²) in [7, 11) is -6.64. The van der Waals surface area contributed by atoms with Crippen LogP contribution in [0.1, 0.15) is 0 Å². The van der Waals surface area contributed by atoms with Crippen molar-refractivity contribution in [2.24, 2.45) is 0 Å². The molecule has 8 heteroatoms. The van der Waals surface area contributed by atoms with E-state index in [-0.39, 0.29) is 0 Å². The van der Waals surface area contributed by atoms with Crippen LogP contribution in [0.4, 0.5) is 0 Å². The van der Waals surface area contributed by atoms with Crippen LogP contribution in [0.25, 0.3) is 0 Å². The van der Waals surface area contributed by atoms with Gasteiger partial charge in [0, 0.05) is 5.80 Å². The fourth-order valence-corrected chi connectivity index (χ4v) is 1.59. The summed E-state index contributed by atoms with van der Waals surface area (Å²) < 4.78 is 3.86. The maximum Gasteiger partial charge on any atom is 0.334 e. The summed E-state index contributed by atoms with van der Waals surface area (Å²) in [6, 6.07) is 0. The lowest BCUT2D eigenvalue weighted by Crippen LogP contribution is -1.91. The third kappa shape index (κ3) is 5.29. The van der Waals surface area contributed by atoms with Crippen LogP contribution in [-0.2, 0) is 4.31 Å². The first-order chi connectivity index (χ1) is 4.48. The largest absolute Gasteiger partial charge is 0.392 e. The minimum atomic E-state index is -3.84. The van der Waals surface area contributed by atoms with Crippen molar-refractivity contribution in [1.82, 2.24) is 0 Å². The molecule has 10 heavy (non-hydrogen) atoms. The minimum absolute atomic E-state index is 0.593. The van der Waals surface area contributed by atoms with Gasteiger partial charge in [-0.05, 0) is 0 Å². The van der Waals surface area contributed by atoms with Crippen LogP contribution in [0, 0.1) is 0 Å². The maximum atomic E-state index is 8.61. The third-order valence-corrected chi connectivity index (χ3v) is 2.70. The summed E-state index contributed by atoms with van der Waals surface area (Å²) in [6.07, 6.45) is 0. The highest BCUT2D eigenvalue weighted by Crippen LogP contribution is 2.49. The van der Waals surface area contributed by atoms with Gasteiger partial charge in [0.1, 0.15) is 0 Å². The van der Waals surface area contributed by atoms with Crippen LogP contribution in [0.5, 0.6) is 0 Å². The second-order valence-electron chi connectivity index (χ2n) is 1.29. The Morgan fingerprint density at radius 3 is 2.20 bits per heavy atom. The molecule has 62 valence electrons. The van der Waals surface area contributed by atoms with Crippen LogP contribution in [0.2, 0.25) is 0 Å². The molecule has 0 heterocycles. The van der Waals surface area contributed by atoms with Crippen molar-refractivity contribution in [2.75, 3.05) is 6.61 Å². The molecule has 0 fully saturated rings. The fraction of sp³-hybridized carbons (Fsp3) is 0.500. The Balaban J connectivity index is 3.99. The molecule has 0 aliphatic rings. The first-order valence-electron chi connectivity index (χ1n) is 2.15. The fourth-order valence-electron chi connectivity index (χ4n) is 0.247. The molecule has 0 saturated carbocycles. The summed E-state index contributed by atoms with van der Waals surface area (Å²) in [6.45, 7) is -0.593. The number of aliphatic hydroxyl groups is 1. The SMILES string of the molecule is OCC=P(O)(O)OP(O)O. The first kappa shape index (κ1) is 10.5. The molecule has 0 amide bonds. The zero-order valence-corrected chi connectivity index (χ0v) is 6.61. The lowest BCUT2D eigenvalue weighted by molar-refractivity contribution is 0.317. The van der Waals surface area contributed by atoms with Crippen LogP contribution in [-0.4, -0.2) is 37.1 Å². The Morgan fingerprint density at radius 2 is 1.90 bits per heavy atom. The molecule has 0 aromatic heterocycles. The van der Waals surface area contributed by atoms with Gasteiger partial charge in [-0.2, -0.15) is 0 Å². The zero-order chi connectivity index (χ0) is 8.20. The normalized spacial score (nSPS) is 12.2. The van der Waals surface area contributed by atoms with Crippen molar-refractivity contribution < 1.29 is 29.0 Å². The first-order valence-corrected chi connectivity index (χ1v) is 4.99. The highest BCUT2D eigenvalue weighted by molar-refractivity contribution is 7.65. The quantitative estimate of drug-likeness (QED) is 0.356. The van der Waals surface area contributed by atoms with Gasteiger partial charge < -0.3 is 24.7 Å². The Bertz CT molecular complexity index is 137. The monoisotopic (exact) mass is 190 g/mol. The van der Waals surface area contributed by atoms with Gasteiger partial charge in [0.05, 0.1) is 6.61 Å². The molecule has 0 rings (SSSR count). The summed E-state index contributed by atoms with van der Waals surface area (Å²) in [4.78, 5) is 33.5. The third-order valence-electron chi connectivity index (χ3n) is 0.513. The average molecular weight is 190 g/mol.